The molecule has 0 aromatic heterocycles. The molecule has 0 spiro atoms. The fraction of sp³-hybridized carbons (Fsp3) is 0.538. The number of unbranched alkanes of at least 4 members (excludes halogenated alkanes) is 1. The van der Waals surface area contributed by atoms with Crippen LogP contribution in [0, 0.1) is 0 Å². The summed E-state index contributed by atoms with van der Waals surface area (Å²) in [6.45, 7) is 13.8. The van der Waals surface area contributed by atoms with Crippen LogP contribution in [-0.2, 0) is 0 Å². The van der Waals surface area contributed by atoms with Gasteiger partial charge in [-0.15, -0.1) is 38.0 Å². The first-order valence-electron chi connectivity index (χ1n) is 5.79. The van der Waals surface area contributed by atoms with E-state index in [9.17, 15) is 0 Å². The van der Waals surface area contributed by atoms with Gasteiger partial charge >= 0.3 is 18.9 Å². The SMILES string of the molecule is C=CC[B-](CC=C)(CC=C)CCCC.[Li+]. The first kappa shape index (κ1) is 17.3. The molecule has 80 valence electrons. The van der Waals surface area contributed by atoms with Gasteiger partial charge in [0.25, 0.3) is 0 Å². The van der Waals surface area contributed by atoms with Crippen LogP contribution in [0.5, 0.6) is 0 Å². The Bertz CT molecular complexity index is 160. The predicted molar refractivity (Wildman–Crippen MR) is 70.5 cm³/mol. The van der Waals surface area contributed by atoms with Crippen LogP contribution in [0.4, 0.5) is 0 Å². The monoisotopic (exact) mass is 198 g/mol. The van der Waals surface area contributed by atoms with Crippen LogP contribution < -0.4 is 18.9 Å². The third-order valence-electron chi connectivity index (χ3n) is 3.17. The Kier molecular flexibility index (Phi) is 12.0. The van der Waals surface area contributed by atoms with E-state index in [-0.39, 0.29) is 25.0 Å². The molecular weight excluding hydrogens is 174 g/mol. The second-order valence-corrected chi connectivity index (χ2v) is 4.45. The fourth-order valence-corrected chi connectivity index (χ4v) is 2.34. The molecule has 0 atom stereocenters. The van der Waals surface area contributed by atoms with Crippen molar-refractivity contribution in [1.82, 2.24) is 0 Å². The van der Waals surface area contributed by atoms with Crippen molar-refractivity contribution in [2.75, 3.05) is 0 Å². The normalized spacial score (nSPS) is 10.2. The molecule has 0 saturated carbocycles. The third-order valence-corrected chi connectivity index (χ3v) is 3.17. The summed E-state index contributed by atoms with van der Waals surface area (Å²) >= 11 is 0. The Hall–Kier alpha value is -0.118. The van der Waals surface area contributed by atoms with E-state index in [0.29, 0.717) is 0 Å². The number of hydrogen-bond donors (Lipinski definition) is 0. The van der Waals surface area contributed by atoms with E-state index in [2.05, 4.69) is 44.9 Å². The maximum atomic E-state index is 3.87. The van der Waals surface area contributed by atoms with E-state index in [1.54, 1.807) is 0 Å². The minimum absolute atomic E-state index is 0. The predicted octanol–water partition coefficient (Wildman–Crippen LogP) is 1.80. The summed E-state index contributed by atoms with van der Waals surface area (Å²) in [7, 11) is 0. The zero-order chi connectivity index (χ0) is 10.9. The van der Waals surface area contributed by atoms with Gasteiger partial charge in [-0.3, -0.25) is 0 Å². The third kappa shape index (κ3) is 6.88. The van der Waals surface area contributed by atoms with Gasteiger partial charge in [0, 0.05) is 6.15 Å². The molecule has 2 heteroatoms. The molecule has 0 aromatic rings. The van der Waals surface area contributed by atoms with Crippen molar-refractivity contribution in [3.05, 3.63) is 38.0 Å². The summed E-state index contributed by atoms with van der Waals surface area (Å²) in [5.41, 5.74) is 0. The van der Waals surface area contributed by atoms with Crippen LogP contribution in [0.3, 0.4) is 0 Å². The zero-order valence-electron chi connectivity index (χ0n) is 10.7. The van der Waals surface area contributed by atoms with Crippen molar-refractivity contribution >= 4 is 6.15 Å². The van der Waals surface area contributed by atoms with Gasteiger partial charge in [-0.1, -0.05) is 19.8 Å². The van der Waals surface area contributed by atoms with Gasteiger partial charge in [0.15, 0.2) is 0 Å². The summed E-state index contributed by atoms with van der Waals surface area (Å²) in [5.74, 6) is 0. The molecule has 0 unspecified atom stereocenters. The summed E-state index contributed by atoms with van der Waals surface area (Å²) in [5, 5.41) is 0. The minimum atomic E-state index is -0.335. The van der Waals surface area contributed by atoms with Crippen LogP contribution in [-0.4, -0.2) is 6.15 Å². The Morgan fingerprint density at radius 2 is 1.33 bits per heavy atom. The van der Waals surface area contributed by atoms with Gasteiger partial charge in [-0.25, -0.2) is 0 Å². The van der Waals surface area contributed by atoms with Gasteiger partial charge in [-0.05, 0) is 0 Å². The molecule has 0 radical (unpaired) electrons. The molecule has 0 rings (SSSR count). The topological polar surface area (TPSA) is 0 Å². The Balaban J connectivity index is 0. The maximum absolute atomic E-state index is 3.87. The Labute approximate surface area is 108 Å². The van der Waals surface area contributed by atoms with Crippen molar-refractivity contribution in [3.8, 4) is 0 Å². The number of rotatable bonds is 9. The number of allylic oxidation sites excluding steroid dienone is 3. The second kappa shape index (κ2) is 10.4. The quantitative estimate of drug-likeness (QED) is 0.391. The molecule has 0 aliphatic heterocycles. The molecule has 0 saturated heterocycles. The van der Waals surface area contributed by atoms with E-state index >= 15 is 0 Å². The smallest absolute Gasteiger partial charge is 0.177 e. The van der Waals surface area contributed by atoms with Crippen molar-refractivity contribution in [2.45, 2.75) is 45.0 Å². The number of hydrogen-bond acceptors (Lipinski definition) is 0. The van der Waals surface area contributed by atoms with Crippen molar-refractivity contribution in [1.29, 1.82) is 0 Å². The van der Waals surface area contributed by atoms with Crippen LogP contribution in [0.25, 0.3) is 0 Å². The molecule has 0 bridgehead atoms. The first-order valence-corrected chi connectivity index (χ1v) is 5.79. The average Bonchev–Trinajstić information content (AvgIpc) is 2.16. The van der Waals surface area contributed by atoms with Gasteiger partial charge in [0.2, 0.25) is 0 Å². The van der Waals surface area contributed by atoms with E-state index in [4.69, 9.17) is 0 Å². The molecule has 0 aromatic carbocycles. The summed E-state index contributed by atoms with van der Waals surface area (Å²) in [6, 6.07) is 0. The molecule has 0 aliphatic rings. The summed E-state index contributed by atoms with van der Waals surface area (Å²) < 4.78 is 0. The standard InChI is InChI=1S/C13H24B.Li/c1-5-9-13-14(10-6-2,11-7-3)12-8-4;/h6-8H,2-5,9-13H2,1H3;/q-1;+1. The van der Waals surface area contributed by atoms with Gasteiger partial charge in [0.05, 0.1) is 0 Å². The molecule has 15 heavy (non-hydrogen) atoms. The van der Waals surface area contributed by atoms with E-state index in [0.717, 1.165) is 19.0 Å². The molecule has 0 fully saturated rings. The van der Waals surface area contributed by atoms with Crippen LogP contribution in [0.15, 0.2) is 38.0 Å². The van der Waals surface area contributed by atoms with E-state index in [1.165, 1.54) is 19.2 Å². The molecule has 0 heterocycles. The van der Waals surface area contributed by atoms with Gasteiger partial charge < -0.3 is 0 Å². The Morgan fingerprint density at radius 1 is 0.933 bits per heavy atom. The van der Waals surface area contributed by atoms with Crippen LogP contribution in [0.1, 0.15) is 19.8 Å². The summed E-state index contributed by atoms with van der Waals surface area (Å²) in [6.07, 6.45) is 13.2. The fourth-order valence-electron chi connectivity index (χ4n) is 2.34. The van der Waals surface area contributed by atoms with Gasteiger partial charge in [-0.2, -0.15) is 25.3 Å². The maximum Gasteiger partial charge on any atom is 1.00 e. The van der Waals surface area contributed by atoms with Crippen molar-refractivity contribution in [3.63, 3.8) is 0 Å². The zero-order valence-corrected chi connectivity index (χ0v) is 10.7. The first-order chi connectivity index (χ1) is 6.74. The largest absolute Gasteiger partial charge is 1.00 e. The van der Waals surface area contributed by atoms with Crippen LogP contribution >= 0.6 is 0 Å². The molecule has 0 amide bonds. The van der Waals surface area contributed by atoms with E-state index < -0.39 is 0 Å². The molecular formula is C13H24BLi. The second-order valence-electron chi connectivity index (χ2n) is 4.45. The van der Waals surface area contributed by atoms with Crippen molar-refractivity contribution < 1.29 is 18.9 Å². The van der Waals surface area contributed by atoms with E-state index in [1.807, 2.05) is 0 Å². The van der Waals surface area contributed by atoms with Gasteiger partial charge in [0.1, 0.15) is 0 Å². The summed E-state index contributed by atoms with van der Waals surface area (Å²) in [4.78, 5) is 0. The minimum Gasteiger partial charge on any atom is -0.177 e. The van der Waals surface area contributed by atoms with Crippen molar-refractivity contribution in [2.24, 2.45) is 0 Å². The Morgan fingerprint density at radius 3 is 1.60 bits per heavy atom. The average molecular weight is 198 g/mol. The molecule has 0 N–H and O–H groups in total. The molecule has 0 nitrogen and oxygen atoms in total. The molecule has 0 aliphatic carbocycles. The van der Waals surface area contributed by atoms with Crippen LogP contribution in [0.2, 0.25) is 25.3 Å².